The Morgan fingerprint density at radius 1 is 1.07 bits per heavy atom. The second kappa shape index (κ2) is 7.86. The Kier molecular flexibility index (Phi) is 5.54. The van der Waals surface area contributed by atoms with Crippen LogP contribution in [0.25, 0.3) is 11.1 Å². The Morgan fingerprint density at radius 2 is 1.63 bits per heavy atom. The third kappa shape index (κ3) is 3.84. The number of rotatable bonds is 4. The Morgan fingerprint density at radius 3 is 2.19 bits per heavy atom. The Labute approximate surface area is 166 Å². The molecule has 5 nitrogen and oxygen atoms in total. The summed E-state index contributed by atoms with van der Waals surface area (Å²) in [6.07, 6.45) is 0. The van der Waals surface area contributed by atoms with Crippen molar-refractivity contribution in [2.45, 2.75) is 6.92 Å². The number of halogens is 2. The number of ketones is 1. The topological polar surface area (TPSA) is 85.4 Å². The number of allylic oxidation sites excluding steroid dienone is 1. The summed E-state index contributed by atoms with van der Waals surface area (Å²) < 4.78 is 10.9. The first-order chi connectivity index (χ1) is 12.9. The number of nitrogens with two attached hydrogens (primary N) is 1. The van der Waals surface area contributed by atoms with Crippen molar-refractivity contribution in [1.82, 2.24) is 0 Å². The monoisotopic (exact) mass is 402 g/mol. The maximum Gasteiger partial charge on any atom is 0.235 e. The van der Waals surface area contributed by atoms with Crippen LogP contribution in [0.5, 0.6) is 0 Å². The number of nitrogens with one attached hydrogen (secondary N) is 1. The van der Waals surface area contributed by atoms with Gasteiger partial charge in [0, 0.05) is 10.0 Å². The third-order valence-corrected chi connectivity index (χ3v) is 4.40. The Hall–Kier alpha value is -2.76. The number of ether oxygens (including phenoxy) is 2. The van der Waals surface area contributed by atoms with Crippen molar-refractivity contribution in [1.29, 1.82) is 5.41 Å². The van der Waals surface area contributed by atoms with Crippen molar-refractivity contribution in [3.63, 3.8) is 0 Å². The molecule has 2 aromatic carbocycles. The van der Waals surface area contributed by atoms with E-state index >= 15 is 0 Å². The largest absolute Gasteiger partial charge is 0.478 e. The minimum absolute atomic E-state index is 0.0342. The molecule has 3 rings (SSSR count). The van der Waals surface area contributed by atoms with Crippen LogP contribution < -0.4 is 5.73 Å². The van der Waals surface area contributed by atoms with Gasteiger partial charge in [-0.15, -0.1) is 0 Å². The number of carbonyl (C=O) groups excluding carboxylic acids is 1. The molecule has 27 heavy (non-hydrogen) atoms. The van der Waals surface area contributed by atoms with Crippen LogP contribution in [0.4, 0.5) is 0 Å². The second-order valence-electron chi connectivity index (χ2n) is 5.65. The van der Waals surface area contributed by atoms with Crippen LogP contribution in [0.15, 0.2) is 60.2 Å². The lowest BCUT2D eigenvalue weighted by molar-refractivity contribution is -0.111. The summed E-state index contributed by atoms with van der Waals surface area (Å²) in [5.74, 6) is -0.705. The molecule has 0 radical (unpaired) electrons. The molecule has 138 valence electrons. The lowest BCUT2D eigenvalue weighted by Crippen LogP contribution is -2.12. The average molecular weight is 403 g/mol. The van der Waals surface area contributed by atoms with E-state index < -0.39 is 5.78 Å². The number of hydrogen-bond donors (Lipinski definition) is 2. The summed E-state index contributed by atoms with van der Waals surface area (Å²) in [5.41, 5.74) is 7.55. The summed E-state index contributed by atoms with van der Waals surface area (Å²) in [5, 5.41) is 9.31. The summed E-state index contributed by atoms with van der Waals surface area (Å²) in [7, 11) is 0. The van der Waals surface area contributed by atoms with Gasteiger partial charge in [0.25, 0.3) is 0 Å². The van der Waals surface area contributed by atoms with E-state index in [4.69, 9.17) is 43.8 Å². The lowest BCUT2D eigenvalue weighted by atomic mass is 9.97. The zero-order chi connectivity index (χ0) is 19.6. The fourth-order valence-electron chi connectivity index (χ4n) is 2.69. The zero-order valence-corrected chi connectivity index (χ0v) is 15.9. The first kappa shape index (κ1) is 19.0. The highest BCUT2D eigenvalue weighted by Gasteiger charge is 2.35. The van der Waals surface area contributed by atoms with Crippen molar-refractivity contribution in [2.24, 2.45) is 5.73 Å². The molecule has 2 aromatic rings. The second-order valence-corrected chi connectivity index (χ2v) is 6.52. The standard InChI is InChI=1S/C20H16Cl2N2O3/c1-2-26-19(23)16(12-5-9-14(22)10-6-12)18-17(25)15(20(24)27-18)11-3-7-13(21)8-4-11/h3-10,23H,2,24H2,1H3/b18-16-,23-19?. The lowest BCUT2D eigenvalue weighted by Gasteiger charge is -2.12. The van der Waals surface area contributed by atoms with Gasteiger partial charge in [-0.3, -0.25) is 10.2 Å². The van der Waals surface area contributed by atoms with E-state index in [-0.39, 0.29) is 35.3 Å². The van der Waals surface area contributed by atoms with Crippen LogP contribution >= 0.6 is 23.2 Å². The van der Waals surface area contributed by atoms with Gasteiger partial charge < -0.3 is 15.2 Å². The fraction of sp³-hybridized carbons (Fsp3) is 0.100. The van der Waals surface area contributed by atoms with Crippen molar-refractivity contribution in [2.75, 3.05) is 6.61 Å². The zero-order valence-electron chi connectivity index (χ0n) is 14.4. The molecule has 0 saturated carbocycles. The summed E-state index contributed by atoms with van der Waals surface area (Å²) in [6.45, 7) is 2.02. The van der Waals surface area contributed by atoms with Gasteiger partial charge in [-0.25, -0.2) is 0 Å². The third-order valence-electron chi connectivity index (χ3n) is 3.90. The van der Waals surface area contributed by atoms with Crippen LogP contribution in [0.3, 0.4) is 0 Å². The molecule has 0 amide bonds. The molecule has 1 heterocycles. The van der Waals surface area contributed by atoms with E-state index in [1.54, 1.807) is 55.5 Å². The molecule has 0 fully saturated rings. The van der Waals surface area contributed by atoms with Crippen molar-refractivity contribution >= 4 is 46.0 Å². The molecule has 3 N–H and O–H groups in total. The van der Waals surface area contributed by atoms with Crippen LogP contribution in [0, 0.1) is 5.41 Å². The predicted octanol–water partition coefficient (Wildman–Crippen LogP) is 4.65. The molecular formula is C20H16Cl2N2O3. The van der Waals surface area contributed by atoms with Gasteiger partial charge in [-0.1, -0.05) is 47.5 Å². The van der Waals surface area contributed by atoms with E-state index in [1.807, 2.05) is 0 Å². The van der Waals surface area contributed by atoms with Crippen molar-refractivity contribution < 1.29 is 14.3 Å². The number of Topliss-reactive ketones (excluding diaryl/α,β-unsaturated/α-hetero) is 1. The van der Waals surface area contributed by atoms with Crippen LogP contribution in [-0.4, -0.2) is 18.3 Å². The smallest absolute Gasteiger partial charge is 0.235 e. The predicted molar refractivity (Wildman–Crippen MR) is 106 cm³/mol. The maximum absolute atomic E-state index is 13.1. The highest BCUT2D eigenvalue weighted by molar-refractivity contribution is 6.37. The minimum atomic E-state index is -0.427. The van der Waals surface area contributed by atoms with Gasteiger partial charge in [-0.05, 0) is 42.3 Å². The molecule has 0 bridgehead atoms. The van der Waals surface area contributed by atoms with E-state index in [0.717, 1.165) is 0 Å². The molecule has 1 aliphatic heterocycles. The average Bonchev–Trinajstić information content (AvgIpc) is 2.92. The number of hydrogen-bond acceptors (Lipinski definition) is 5. The van der Waals surface area contributed by atoms with Gasteiger partial charge in [0.05, 0.1) is 17.8 Å². The Balaban J connectivity index is 2.10. The molecule has 0 aromatic heterocycles. The molecule has 0 spiro atoms. The molecule has 0 unspecified atom stereocenters. The fourth-order valence-corrected chi connectivity index (χ4v) is 2.94. The molecule has 0 saturated heterocycles. The van der Waals surface area contributed by atoms with E-state index in [1.165, 1.54) is 0 Å². The molecule has 7 heteroatoms. The first-order valence-electron chi connectivity index (χ1n) is 8.12. The normalized spacial score (nSPS) is 15.6. The number of benzene rings is 2. The molecule has 1 aliphatic rings. The van der Waals surface area contributed by atoms with E-state index in [9.17, 15) is 4.79 Å². The van der Waals surface area contributed by atoms with Gasteiger partial charge in [-0.2, -0.15) is 0 Å². The van der Waals surface area contributed by atoms with Crippen molar-refractivity contribution in [3.8, 4) is 0 Å². The first-order valence-corrected chi connectivity index (χ1v) is 8.88. The van der Waals surface area contributed by atoms with Gasteiger partial charge in [0.2, 0.25) is 17.6 Å². The van der Waals surface area contributed by atoms with Gasteiger partial charge in [0.1, 0.15) is 0 Å². The van der Waals surface area contributed by atoms with Crippen LogP contribution in [0.1, 0.15) is 18.1 Å². The van der Waals surface area contributed by atoms with Gasteiger partial charge >= 0.3 is 0 Å². The molecular weight excluding hydrogens is 387 g/mol. The summed E-state index contributed by atoms with van der Waals surface area (Å²) >= 11 is 11.9. The number of carbonyl (C=O) groups is 1. The highest BCUT2D eigenvalue weighted by Crippen LogP contribution is 2.35. The van der Waals surface area contributed by atoms with E-state index in [2.05, 4.69) is 0 Å². The maximum atomic E-state index is 13.1. The quantitative estimate of drug-likeness (QED) is 0.442. The molecule has 0 aliphatic carbocycles. The van der Waals surface area contributed by atoms with Crippen molar-refractivity contribution in [3.05, 3.63) is 81.3 Å². The Bertz CT molecular complexity index is 962. The summed E-state index contributed by atoms with van der Waals surface area (Å²) in [4.78, 5) is 13.1. The SMILES string of the molecule is CCOC(=N)/C(=C1\OC(N)=C(c2ccc(Cl)cc2)C1=O)c1ccc(Cl)cc1. The van der Waals surface area contributed by atoms with Crippen LogP contribution in [0.2, 0.25) is 10.0 Å². The summed E-state index contributed by atoms with van der Waals surface area (Å²) in [6, 6.07) is 13.4. The van der Waals surface area contributed by atoms with E-state index in [0.29, 0.717) is 21.2 Å². The van der Waals surface area contributed by atoms with Gasteiger partial charge in [0.15, 0.2) is 5.76 Å². The highest BCUT2D eigenvalue weighted by atomic mass is 35.5. The molecule has 0 atom stereocenters. The van der Waals surface area contributed by atoms with Crippen LogP contribution in [-0.2, 0) is 14.3 Å². The minimum Gasteiger partial charge on any atom is -0.478 e.